The predicted molar refractivity (Wildman–Crippen MR) is 126 cm³/mol. The zero-order chi connectivity index (χ0) is 20.2. The average Bonchev–Trinajstić information content (AvgIpc) is 2.67. The number of esters is 2. The molecule has 0 heterocycles. The number of ether oxygens (including phenoxy) is 2. The molecule has 2 aromatic rings. The van der Waals surface area contributed by atoms with Crippen molar-refractivity contribution in [1.82, 2.24) is 0 Å². The van der Waals surface area contributed by atoms with Crippen LogP contribution in [0.15, 0.2) is 48.5 Å². The van der Waals surface area contributed by atoms with Crippen molar-refractivity contribution in [3.63, 3.8) is 0 Å². The average molecular weight is 606 g/mol. The summed E-state index contributed by atoms with van der Waals surface area (Å²) in [5, 5.41) is 0. The van der Waals surface area contributed by atoms with Crippen molar-refractivity contribution in [2.24, 2.45) is 0 Å². The topological polar surface area (TPSA) is 52.6 Å². The Bertz CT molecular complexity index is 677. The van der Waals surface area contributed by atoms with Gasteiger partial charge in [-0.15, -0.1) is 0 Å². The van der Waals surface area contributed by atoms with Crippen LogP contribution in [0.5, 0.6) is 0 Å². The molecule has 150 valence electrons. The lowest BCUT2D eigenvalue weighted by molar-refractivity contribution is -0.144. The fourth-order valence-electron chi connectivity index (χ4n) is 2.57. The van der Waals surface area contributed by atoms with Gasteiger partial charge >= 0.3 is 11.9 Å². The molecule has 0 aromatic heterocycles. The van der Waals surface area contributed by atoms with E-state index >= 15 is 0 Å². The maximum atomic E-state index is 11.8. The van der Waals surface area contributed by atoms with Crippen molar-refractivity contribution >= 4 is 57.1 Å². The van der Waals surface area contributed by atoms with Crippen molar-refractivity contribution in [3.05, 3.63) is 66.8 Å². The molecule has 0 radical (unpaired) electrons. The van der Waals surface area contributed by atoms with E-state index in [1.807, 2.05) is 48.5 Å². The van der Waals surface area contributed by atoms with Gasteiger partial charge in [-0.1, -0.05) is 24.3 Å². The molecule has 0 aliphatic heterocycles. The van der Waals surface area contributed by atoms with Crippen molar-refractivity contribution < 1.29 is 19.1 Å². The summed E-state index contributed by atoms with van der Waals surface area (Å²) in [5.41, 5.74) is 1.94. The molecule has 0 aliphatic rings. The van der Waals surface area contributed by atoms with Crippen molar-refractivity contribution in [1.29, 1.82) is 0 Å². The van der Waals surface area contributed by atoms with E-state index in [0.29, 0.717) is 26.1 Å². The minimum atomic E-state index is -0.189. The van der Waals surface area contributed by atoms with Crippen molar-refractivity contribution in [3.8, 4) is 0 Å². The molecule has 0 atom stereocenters. The Balaban J connectivity index is 1.45. The van der Waals surface area contributed by atoms with Crippen LogP contribution in [0.25, 0.3) is 0 Å². The summed E-state index contributed by atoms with van der Waals surface area (Å²) in [4.78, 5) is 23.6. The van der Waals surface area contributed by atoms with E-state index in [4.69, 9.17) is 9.47 Å². The van der Waals surface area contributed by atoms with Gasteiger partial charge in [0.1, 0.15) is 0 Å². The van der Waals surface area contributed by atoms with Gasteiger partial charge in [0.25, 0.3) is 0 Å². The van der Waals surface area contributed by atoms with Crippen LogP contribution >= 0.6 is 45.2 Å². The van der Waals surface area contributed by atoms with E-state index in [0.717, 1.165) is 44.0 Å². The zero-order valence-corrected chi connectivity index (χ0v) is 20.0. The van der Waals surface area contributed by atoms with E-state index < -0.39 is 0 Å². The van der Waals surface area contributed by atoms with Crippen molar-refractivity contribution in [2.75, 3.05) is 13.2 Å². The van der Waals surface area contributed by atoms with Gasteiger partial charge in [-0.05, 0) is 106 Å². The highest BCUT2D eigenvalue weighted by Crippen LogP contribution is 2.09. The molecular weight excluding hydrogens is 582 g/mol. The van der Waals surface area contributed by atoms with E-state index in [2.05, 4.69) is 45.2 Å². The Labute approximate surface area is 193 Å². The van der Waals surface area contributed by atoms with Gasteiger partial charge in [0.15, 0.2) is 0 Å². The summed E-state index contributed by atoms with van der Waals surface area (Å²) in [7, 11) is 0. The summed E-state index contributed by atoms with van der Waals surface area (Å²) >= 11 is 4.47. The van der Waals surface area contributed by atoms with Crippen LogP contribution in [0.1, 0.15) is 36.8 Å². The van der Waals surface area contributed by atoms with Crippen LogP contribution in [0.4, 0.5) is 0 Å². The highest BCUT2D eigenvalue weighted by Gasteiger charge is 2.06. The first-order valence-electron chi connectivity index (χ1n) is 9.33. The van der Waals surface area contributed by atoms with E-state index in [1.54, 1.807) is 0 Å². The van der Waals surface area contributed by atoms with Gasteiger partial charge in [0, 0.05) is 7.14 Å². The standard InChI is InChI=1S/C22H24I2O4/c23-19-9-5-17(6-10-19)15-21(25)27-13-3-1-2-4-14-28-22(26)16-18-7-11-20(24)12-8-18/h5-12H,1-4,13-16H2. The molecule has 0 unspecified atom stereocenters. The second-order valence-electron chi connectivity index (χ2n) is 6.46. The molecule has 0 spiro atoms. The van der Waals surface area contributed by atoms with E-state index in [-0.39, 0.29) is 11.9 Å². The van der Waals surface area contributed by atoms with Gasteiger partial charge in [-0.25, -0.2) is 0 Å². The molecule has 0 bridgehead atoms. The number of hydrogen-bond donors (Lipinski definition) is 0. The molecular formula is C22H24I2O4. The van der Waals surface area contributed by atoms with Crippen LogP contribution in [0, 0.1) is 7.14 Å². The smallest absolute Gasteiger partial charge is 0.310 e. The maximum absolute atomic E-state index is 11.8. The summed E-state index contributed by atoms with van der Waals surface area (Å²) in [5.74, 6) is -0.378. The highest BCUT2D eigenvalue weighted by atomic mass is 127. The van der Waals surface area contributed by atoms with Crippen molar-refractivity contribution in [2.45, 2.75) is 38.5 Å². The first-order chi connectivity index (χ1) is 13.5. The maximum Gasteiger partial charge on any atom is 0.310 e. The number of carbonyl (C=O) groups excluding carboxylic acids is 2. The number of halogens is 2. The molecule has 0 fully saturated rings. The number of carbonyl (C=O) groups is 2. The third-order valence-electron chi connectivity index (χ3n) is 4.09. The molecule has 0 saturated carbocycles. The fraction of sp³-hybridized carbons (Fsp3) is 0.364. The molecule has 2 rings (SSSR count). The Kier molecular flexibility index (Phi) is 10.8. The Morgan fingerprint density at radius 1 is 0.607 bits per heavy atom. The van der Waals surface area contributed by atoms with Gasteiger partial charge in [-0.3, -0.25) is 9.59 Å². The van der Waals surface area contributed by atoms with Gasteiger partial charge in [-0.2, -0.15) is 0 Å². The highest BCUT2D eigenvalue weighted by molar-refractivity contribution is 14.1. The summed E-state index contributed by atoms with van der Waals surface area (Å²) in [6, 6.07) is 15.7. The predicted octanol–water partition coefficient (Wildman–Crippen LogP) is 5.33. The molecule has 0 amide bonds. The Morgan fingerprint density at radius 3 is 1.32 bits per heavy atom. The summed E-state index contributed by atoms with van der Waals surface area (Å²) in [6.07, 6.45) is 4.18. The number of benzene rings is 2. The summed E-state index contributed by atoms with van der Waals surface area (Å²) < 4.78 is 12.8. The second-order valence-corrected chi connectivity index (χ2v) is 8.95. The second kappa shape index (κ2) is 13.1. The molecule has 28 heavy (non-hydrogen) atoms. The number of hydrogen-bond acceptors (Lipinski definition) is 4. The quantitative estimate of drug-likeness (QED) is 0.197. The molecule has 0 saturated heterocycles. The van der Waals surface area contributed by atoms with Crippen LogP contribution in [-0.2, 0) is 31.9 Å². The first-order valence-corrected chi connectivity index (χ1v) is 11.5. The lowest BCUT2D eigenvalue weighted by atomic mass is 10.1. The van der Waals surface area contributed by atoms with Gasteiger partial charge < -0.3 is 9.47 Å². The monoisotopic (exact) mass is 606 g/mol. The lowest BCUT2D eigenvalue weighted by Crippen LogP contribution is -2.10. The zero-order valence-electron chi connectivity index (χ0n) is 15.7. The van der Waals surface area contributed by atoms with Crippen LogP contribution in [0.2, 0.25) is 0 Å². The molecule has 6 heteroatoms. The Morgan fingerprint density at radius 2 is 0.964 bits per heavy atom. The van der Waals surface area contributed by atoms with Crippen LogP contribution in [0.3, 0.4) is 0 Å². The van der Waals surface area contributed by atoms with Gasteiger partial charge in [0.2, 0.25) is 0 Å². The van der Waals surface area contributed by atoms with Crippen LogP contribution in [-0.4, -0.2) is 25.2 Å². The number of unbranched alkanes of at least 4 members (excludes halogenated alkanes) is 3. The third kappa shape index (κ3) is 9.86. The molecule has 4 nitrogen and oxygen atoms in total. The van der Waals surface area contributed by atoms with E-state index in [1.165, 1.54) is 0 Å². The van der Waals surface area contributed by atoms with E-state index in [9.17, 15) is 9.59 Å². The molecule has 0 N–H and O–H groups in total. The first kappa shape index (κ1) is 23.1. The minimum absolute atomic E-state index is 0.189. The largest absolute Gasteiger partial charge is 0.465 e. The van der Waals surface area contributed by atoms with Gasteiger partial charge in [0.05, 0.1) is 26.1 Å². The number of rotatable bonds is 11. The minimum Gasteiger partial charge on any atom is -0.465 e. The fourth-order valence-corrected chi connectivity index (χ4v) is 3.29. The Hall–Kier alpha value is -1.16. The third-order valence-corrected chi connectivity index (χ3v) is 5.53. The van der Waals surface area contributed by atoms with Crippen LogP contribution < -0.4 is 0 Å². The molecule has 0 aliphatic carbocycles. The summed E-state index contributed by atoms with van der Waals surface area (Å²) in [6.45, 7) is 0.881. The normalized spacial score (nSPS) is 10.5. The lowest BCUT2D eigenvalue weighted by Gasteiger charge is -2.06. The SMILES string of the molecule is O=C(Cc1ccc(I)cc1)OCCCCCCOC(=O)Cc1ccc(I)cc1. The molecule has 2 aromatic carbocycles.